The van der Waals surface area contributed by atoms with Gasteiger partial charge in [0.1, 0.15) is 5.41 Å². The number of amidine groups is 1. The van der Waals surface area contributed by atoms with Crippen molar-refractivity contribution in [2.45, 2.75) is 32.6 Å². The number of benzene rings is 1. The van der Waals surface area contributed by atoms with Crippen molar-refractivity contribution in [3.05, 3.63) is 27.7 Å². The van der Waals surface area contributed by atoms with Crippen LogP contribution < -0.4 is 11.1 Å². The van der Waals surface area contributed by atoms with Gasteiger partial charge in [0, 0.05) is 5.02 Å². The molecule has 0 spiro atoms. The standard InChI is InChI=1S/C14H17Cl2N3O2/c1-8-6-10(16)11(7-9(8)15)18-13(20)14(12(17)19-21)4-2-3-5-14/h6-7,21H,2-5H2,1H3,(H2,17,19)(H,18,20). The predicted octanol–water partition coefficient (Wildman–Crippen LogP) is 3.55. The third-order valence-corrected chi connectivity index (χ3v) is 4.71. The highest BCUT2D eigenvalue weighted by molar-refractivity contribution is 6.36. The largest absolute Gasteiger partial charge is 0.409 e. The van der Waals surface area contributed by atoms with Gasteiger partial charge < -0.3 is 16.3 Å². The van der Waals surface area contributed by atoms with Crippen LogP contribution in [0.15, 0.2) is 17.3 Å². The average molecular weight is 330 g/mol. The first kappa shape index (κ1) is 15.9. The van der Waals surface area contributed by atoms with Gasteiger partial charge in [0.15, 0.2) is 5.84 Å². The minimum atomic E-state index is -0.977. The molecule has 0 aromatic heterocycles. The van der Waals surface area contributed by atoms with Crippen LogP contribution in [0.5, 0.6) is 0 Å². The summed E-state index contributed by atoms with van der Waals surface area (Å²) in [5, 5.41) is 15.6. The van der Waals surface area contributed by atoms with E-state index in [1.165, 1.54) is 0 Å². The minimum Gasteiger partial charge on any atom is -0.409 e. The molecule has 2 rings (SSSR count). The summed E-state index contributed by atoms with van der Waals surface area (Å²) in [6, 6.07) is 3.29. The van der Waals surface area contributed by atoms with E-state index in [0.717, 1.165) is 18.4 Å². The number of oxime groups is 1. The van der Waals surface area contributed by atoms with Crippen molar-refractivity contribution in [1.82, 2.24) is 0 Å². The van der Waals surface area contributed by atoms with E-state index < -0.39 is 5.41 Å². The Balaban J connectivity index is 2.30. The number of rotatable bonds is 3. The fraction of sp³-hybridized carbons (Fsp3) is 0.429. The first-order valence-electron chi connectivity index (χ1n) is 6.66. The molecule has 1 aromatic rings. The number of nitrogens with zero attached hydrogens (tertiary/aromatic N) is 1. The maximum atomic E-state index is 12.6. The monoisotopic (exact) mass is 329 g/mol. The number of halogens is 2. The van der Waals surface area contributed by atoms with Gasteiger partial charge in [-0.2, -0.15) is 0 Å². The molecule has 1 saturated carbocycles. The molecule has 114 valence electrons. The maximum Gasteiger partial charge on any atom is 0.238 e. The zero-order valence-corrected chi connectivity index (χ0v) is 13.1. The van der Waals surface area contributed by atoms with Crippen LogP contribution in [-0.4, -0.2) is 17.0 Å². The zero-order valence-electron chi connectivity index (χ0n) is 11.6. The summed E-state index contributed by atoms with van der Waals surface area (Å²) < 4.78 is 0. The molecule has 0 radical (unpaired) electrons. The quantitative estimate of drug-likeness (QED) is 0.343. The third-order valence-electron chi connectivity index (χ3n) is 3.99. The molecule has 0 unspecified atom stereocenters. The smallest absolute Gasteiger partial charge is 0.238 e. The van der Waals surface area contributed by atoms with Gasteiger partial charge in [-0.3, -0.25) is 4.79 Å². The Morgan fingerprint density at radius 1 is 1.33 bits per heavy atom. The Kier molecular flexibility index (Phi) is 4.64. The summed E-state index contributed by atoms with van der Waals surface area (Å²) in [5.41, 5.74) is 6.01. The lowest BCUT2D eigenvalue weighted by Crippen LogP contribution is -2.45. The number of nitrogens with two attached hydrogens (primary N) is 1. The van der Waals surface area contributed by atoms with Gasteiger partial charge in [0.2, 0.25) is 5.91 Å². The summed E-state index contributed by atoms with van der Waals surface area (Å²) in [6.45, 7) is 1.83. The molecule has 1 aliphatic rings. The van der Waals surface area contributed by atoms with Gasteiger partial charge in [0.25, 0.3) is 0 Å². The van der Waals surface area contributed by atoms with Crippen molar-refractivity contribution in [3.8, 4) is 0 Å². The van der Waals surface area contributed by atoms with Gasteiger partial charge in [-0.05, 0) is 37.5 Å². The Morgan fingerprint density at radius 3 is 2.52 bits per heavy atom. The molecule has 1 aromatic carbocycles. The van der Waals surface area contributed by atoms with Crippen LogP contribution in [0.4, 0.5) is 5.69 Å². The second-order valence-electron chi connectivity index (χ2n) is 5.31. The number of hydrogen-bond acceptors (Lipinski definition) is 3. The number of aryl methyl sites for hydroxylation is 1. The number of anilines is 1. The van der Waals surface area contributed by atoms with Crippen LogP contribution in [0.3, 0.4) is 0 Å². The highest BCUT2D eigenvalue weighted by atomic mass is 35.5. The zero-order chi connectivity index (χ0) is 15.6. The van der Waals surface area contributed by atoms with E-state index in [4.69, 9.17) is 34.1 Å². The van der Waals surface area contributed by atoms with Crippen molar-refractivity contribution in [1.29, 1.82) is 0 Å². The van der Waals surface area contributed by atoms with E-state index in [-0.39, 0.29) is 11.7 Å². The molecular weight excluding hydrogens is 313 g/mol. The Labute approximate surface area is 133 Å². The number of carbonyl (C=O) groups is 1. The van der Waals surface area contributed by atoms with Crippen molar-refractivity contribution in [3.63, 3.8) is 0 Å². The van der Waals surface area contributed by atoms with Gasteiger partial charge >= 0.3 is 0 Å². The van der Waals surface area contributed by atoms with Gasteiger partial charge in [-0.15, -0.1) is 0 Å². The van der Waals surface area contributed by atoms with Crippen LogP contribution in [0.1, 0.15) is 31.2 Å². The van der Waals surface area contributed by atoms with Gasteiger partial charge in [-0.25, -0.2) is 0 Å². The predicted molar refractivity (Wildman–Crippen MR) is 84.1 cm³/mol. The summed E-state index contributed by atoms with van der Waals surface area (Å²) in [4.78, 5) is 12.6. The highest BCUT2D eigenvalue weighted by Gasteiger charge is 2.45. The maximum absolute atomic E-state index is 12.6. The van der Waals surface area contributed by atoms with E-state index in [2.05, 4.69) is 10.5 Å². The highest BCUT2D eigenvalue weighted by Crippen LogP contribution is 2.40. The summed E-state index contributed by atoms with van der Waals surface area (Å²) >= 11 is 12.2. The summed E-state index contributed by atoms with van der Waals surface area (Å²) in [5.74, 6) is -0.385. The molecule has 4 N–H and O–H groups in total. The second kappa shape index (κ2) is 6.12. The summed E-state index contributed by atoms with van der Waals surface area (Å²) in [7, 11) is 0. The van der Waals surface area contributed by atoms with Crippen molar-refractivity contribution < 1.29 is 10.0 Å². The molecule has 0 bridgehead atoms. The minimum absolute atomic E-state index is 0.0631. The normalized spacial score (nSPS) is 17.8. The number of carbonyl (C=O) groups excluding carboxylic acids is 1. The number of amides is 1. The molecule has 0 atom stereocenters. The molecular formula is C14H17Cl2N3O2. The molecule has 1 fully saturated rings. The summed E-state index contributed by atoms with van der Waals surface area (Å²) in [6.07, 6.45) is 2.80. The Morgan fingerprint density at radius 2 is 1.95 bits per heavy atom. The molecule has 0 aliphatic heterocycles. The van der Waals surface area contributed by atoms with Crippen LogP contribution in [0.25, 0.3) is 0 Å². The van der Waals surface area contributed by atoms with Gasteiger partial charge in [0.05, 0.1) is 10.7 Å². The first-order chi connectivity index (χ1) is 9.90. The van der Waals surface area contributed by atoms with Crippen molar-refractivity contribution in [2.24, 2.45) is 16.3 Å². The van der Waals surface area contributed by atoms with Crippen LogP contribution in [0.2, 0.25) is 10.0 Å². The van der Waals surface area contributed by atoms with E-state index in [0.29, 0.717) is 28.6 Å². The third kappa shape index (κ3) is 2.94. The lowest BCUT2D eigenvalue weighted by Gasteiger charge is -2.26. The van der Waals surface area contributed by atoms with E-state index in [9.17, 15) is 4.79 Å². The van der Waals surface area contributed by atoms with Crippen molar-refractivity contribution in [2.75, 3.05) is 5.32 Å². The first-order valence-corrected chi connectivity index (χ1v) is 7.41. The molecule has 21 heavy (non-hydrogen) atoms. The van der Waals surface area contributed by atoms with Crippen molar-refractivity contribution >= 4 is 40.6 Å². The van der Waals surface area contributed by atoms with E-state index in [1.807, 2.05) is 6.92 Å². The molecule has 5 nitrogen and oxygen atoms in total. The lowest BCUT2D eigenvalue weighted by molar-refractivity contribution is -0.122. The molecule has 1 amide bonds. The van der Waals surface area contributed by atoms with Crippen LogP contribution >= 0.6 is 23.2 Å². The van der Waals surface area contributed by atoms with Gasteiger partial charge in [-0.1, -0.05) is 41.2 Å². The Bertz CT molecular complexity index is 596. The molecule has 1 aliphatic carbocycles. The fourth-order valence-corrected chi connectivity index (χ4v) is 3.09. The topological polar surface area (TPSA) is 87.7 Å². The van der Waals surface area contributed by atoms with E-state index in [1.54, 1.807) is 12.1 Å². The lowest BCUT2D eigenvalue weighted by atomic mass is 9.83. The average Bonchev–Trinajstić information content (AvgIpc) is 2.94. The number of nitrogens with one attached hydrogen (secondary N) is 1. The molecule has 0 saturated heterocycles. The van der Waals surface area contributed by atoms with Crippen LogP contribution in [-0.2, 0) is 4.79 Å². The number of hydrogen-bond donors (Lipinski definition) is 3. The fourth-order valence-electron chi connectivity index (χ4n) is 2.66. The van der Waals surface area contributed by atoms with E-state index >= 15 is 0 Å². The molecule has 0 heterocycles. The Hall–Kier alpha value is -1.46. The van der Waals surface area contributed by atoms with Crippen LogP contribution in [0, 0.1) is 12.3 Å². The SMILES string of the molecule is Cc1cc(Cl)c(NC(=O)C2(/C(N)=N/O)CCCC2)cc1Cl. The molecule has 7 heteroatoms. The second-order valence-corrected chi connectivity index (χ2v) is 6.12.